The second-order valence-electron chi connectivity index (χ2n) is 6.22. The van der Waals surface area contributed by atoms with Crippen LogP contribution in [-0.4, -0.2) is 34.7 Å². The minimum atomic E-state index is -4.04. The van der Waals surface area contributed by atoms with Gasteiger partial charge in [-0.2, -0.15) is 8.42 Å². The maximum atomic E-state index is 12.6. The van der Waals surface area contributed by atoms with Gasteiger partial charge in [-0.3, -0.25) is 14.8 Å². The molecule has 0 spiro atoms. The molecule has 0 atom stereocenters. The van der Waals surface area contributed by atoms with Gasteiger partial charge in [0.2, 0.25) is 10.3 Å². The molecule has 2 aromatic heterocycles. The predicted octanol–water partition coefficient (Wildman–Crippen LogP) is 4.07. The molecular formula is C18H13ClN6O3S3. The van der Waals surface area contributed by atoms with E-state index in [2.05, 4.69) is 30.4 Å². The van der Waals surface area contributed by atoms with Crippen molar-refractivity contribution in [2.24, 2.45) is 0 Å². The van der Waals surface area contributed by atoms with Crippen LogP contribution in [-0.2, 0) is 10.0 Å². The number of hydrogen-bond donors (Lipinski definition) is 2. The highest BCUT2D eigenvalue weighted by molar-refractivity contribution is 7.94. The van der Waals surface area contributed by atoms with Gasteiger partial charge in [0.05, 0.1) is 0 Å². The molecule has 0 radical (unpaired) electrons. The molecule has 0 bridgehead atoms. The van der Waals surface area contributed by atoms with Gasteiger partial charge in [-0.25, -0.2) is 0 Å². The fraction of sp³-hybridized carbons (Fsp3) is 0.0556. The number of rotatable bonds is 6. The third-order valence-corrected chi connectivity index (χ3v) is 7.72. The Morgan fingerprint density at radius 3 is 2.29 bits per heavy atom. The number of amides is 1. The Balaban J connectivity index is 1.46. The zero-order chi connectivity index (χ0) is 22.0. The summed E-state index contributed by atoms with van der Waals surface area (Å²) in [5.74, 6) is -0.412. The molecule has 0 aliphatic heterocycles. The zero-order valence-electron chi connectivity index (χ0n) is 15.7. The molecule has 0 aliphatic carbocycles. The number of sulfonamides is 1. The second-order valence-corrected chi connectivity index (χ2v) is 10.5. The van der Waals surface area contributed by atoms with Crippen molar-refractivity contribution < 1.29 is 13.2 Å². The molecule has 158 valence electrons. The molecule has 4 rings (SSSR count). The maximum Gasteiger partial charge on any atom is 0.293 e. The second kappa shape index (κ2) is 8.67. The molecule has 2 heterocycles. The fourth-order valence-corrected chi connectivity index (χ4v) is 5.38. The van der Waals surface area contributed by atoms with Gasteiger partial charge in [-0.1, -0.05) is 64.1 Å². The van der Waals surface area contributed by atoms with Gasteiger partial charge in [0.1, 0.15) is 5.01 Å². The van der Waals surface area contributed by atoms with Gasteiger partial charge in [-0.15, -0.1) is 20.4 Å². The van der Waals surface area contributed by atoms with Gasteiger partial charge in [-0.05, 0) is 31.2 Å². The number of benzene rings is 2. The summed E-state index contributed by atoms with van der Waals surface area (Å²) in [4.78, 5) is 12.3. The Bertz CT molecular complexity index is 1330. The van der Waals surface area contributed by atoms with E-state index >= 15 is 0 Å². The smallest absolute Gasteiger partial charge is 0.293 e. The first kappa shape index (κ1) is 21.3. The van der Waals surface area contributed by atoms with Crippen LogP contribution >= 0.6 is 34.3 Å². The summed E-state index contributed by atoms with van der Waals surface area (Å²) in [6.45, 7) is 1.91. The minimum Gasteiger partial charge on any atom is -0.296 e. The Kier molecular flexibility index (Phi) is 5.96. The maximum absolute atomic E-state index is 12.6. The van der Waals surface area contributed by atoms with Crippen LogP contribution in [0.5, 0.6) is 0 Å². The molecule has 9 nitrogen and oxygen atoms in total. The molecular weight excluding hydrogens is 480 g/mol. The molecule has 1 amide bonds. The average Bonchev–Trinajstić information content (AvgIpc) is 3.39. The van der Waals surface area contributed by atoms with Crippen LogP contribution in [0, 0.1) is 6.92 Å². The van der Waals surface area contributed by atoms with Crippen molar-refractivity contribution >= 4 is 60.5 Å². The lowest BCUT2D eigenvalue weighted by molar-refractivity contribution is 0.102. The van der Waals surface area contributed by atoms with Crippen LogP contribution in [0.15, 0.2) is 52.9 Å². The summed E-state index contributed by atoms with van der Waals surface area (Å²) in [7, 11) is -4.04. The number of halogens is 1. The topological polar surface area (TPSA) is 127 Å². The third-order valence-electron chi connectivity index (χ3n) is 3.91. The lowest BCUT2D eigenvalue weighted by Gasteiger charge is -2.01. The van der Waals surface area contributed by atoms with E-state index in [0.717, 1.165) is 33.8 Å². The number of carbonyl (C=O) groups is 1. The highest BCUT2D eigenvalue weighted by Gasteiger charge is 2.23. The van der Waals surface area contributed by atoms with Crippen molar-refractivity contribution in [3.8, 4) is 10.6 Å². The lowest BCUT2D eigenvalue weighted by atomic mass is 10.1. The van der Waals surface area contributed by atoms with Gasteiger partial charge < -0.3 is 0 Å². The van der Waals surface area contributed by atoms with E-state index in [-0.39, 0.29) is 14.6 Å². The van der Waals surface area contributed by atoms with Gasteiger partial charge in [0.15, 0.2) is 0 Å². The third kappa shape index (κ3) is 5.05. The number of anilines is 2. The highest BCUT2D eigenvalue weighted by atomic mass is 35.5. The summed E-state index contributed by atoms with van der Waals surface area (Å²) in [6, 6.07) is 13.9. The standard InChI is InChI=1S/C18H13ClN6O3S3/c1-10-2-4-11(5-3-10)14(26)20-16-22-24-18(30-16)31(27,28)25-17-23-21-15(29-17)12-6-8-13(19)9-7-12/h2-9H,1H3,(H,23,25)(H,20,22,26). The molecule has 0 saturated heterocycles. The van der Waals surface area contributed by atoms with Crippen LogP contribution in [0.25, 0.3) is 10.6 Å². The normalized spacial score (nSPS) is 11.3. The van der Waals surface area contributed by atoms with Crippen LogP contribution in [0.2, 0.25) is 5.02 Å². The van der Waals surface area contributed by atoms with Crippen LogP contribution in [0.3, 0.4) is 0 Å². The Morgan fingerprint density at radius 1 is 0.903 bits per heavy atom. The van der Waals surface area contributed by atoms with Crippen molar-refractivity contribution in [2.45, 2.75) is 11.3 Å². The van der Waals surface area contributed by atoms with Gasteiger partial charge in [0, 0.05) is 16.1 Å². The predicted molar refractivity (Wildman–Crippen MR) is 120 cm³/mol. The van der Waals surface area contributed by atoms with Crippen molar-refractivity contribution in [1.29, 1.82) is 0 Å². The first-order chi connectivity index (χ1) is 14.8. The SMILES string of the molecule is Cc1ccc(C(=O)Nc2nnc(S(=O)(=O)Nc3nnc(-c4ccc(Cl)cc4)s3)s2)cc1. The van der Waals surface area contributed by atoms with E-state index in [1.165, 1.54) is 0 Å². The monoisotopic (exact) mass is 492 g/mol. The van der Waals surface area contributed by atoms with Crippen LogP contribution < -0.4 is 10.0 Å². The molecule has 0 aliphatic rings. The number of nitrogens with one attached hydrogen (secondary N) is 2. The Labute approximate surface area is 190 Å². The summed E-state index contributed by atoms with van der Waals surface area (Å²) < 4.78 is 27.2. The number of nitrogens with zero attached hydrogens (tertiary/aromatic N) is 4. The number of hydrogen-bond acceptors (Lipinski definition) is 9. The summed E-state index contributed by atoms with van der Waals surface area (Å²) in [5.41, 5.74) is 2.19. The number of carbonyl (C=O) groups excluding carboxylic acids is 1. The quantitative estimate of drug-likeness (QED) is 0.388. The van der Waals surface area contributed by atoms with E-state index in [9.17, 15) is 13.2 Å². The molecule has 4 aromatic rings. The summed E-state index contributed by atoms with van der Waals surface area (Å²) >= 11 is 7.66. The molecule has 0 unspecified atom stereocenters. The van der Waals surface area contributed by atoms with E-state index < -0.39 is 15.9 Å². The largest absolute Gasteiger partial charge is 0.296 e. The molecule has 0 fully saturated rings. The number of aromatic nitrogens is 4. The van der Waals surface area contributed by atoms with Gasteiger partial charge in [0.25, 0.3) is 20.3 Å². The molecule has 0 saturated carbocycles. The molecule has 2 aromatic carbocycles. The van der Waals surface area contributed by atoms with Gasteiger partial charge >= 0.3 is 0 Å². The minimum absolute atomic E-state index is 0.0602. The highest BCUT2D eigenvalue weighted by Crippen LogP contribution is 2.29. The van der Waals surface area contributed by atoms with E-state index in [0.29, 0.717) is 15.6 Å². The first-order valence-electron chi connectivity index (χ1n) is 8.64. The van der Waals surface area contributed by atoms with E-state index in [1.807, 2.05) is 6.92 Å². The zero-order valence-corrected chi connectivity index (χ0v) is 18.9. The number of aryl methyl sites for hydroxylation is 1. The Morgan fingerprint density at radius 2 is 1.58 bits per heavy atom. The van der Waals surface area contributed by atoms with Crippen LogP contribution in [0.1, 0.15) is 15.9 Å². The molecule has 13 heteroatoms. The van der Waals surface area contributed by atoms with Crippen molar-refractivity contribution in [2.75, 3.05) is 10.0 Å². The fourth-order valence-electron chi connectivity index (χ4n) is 2.38. The molecule has 31 heavy (non-hydrogen) atoms. The Hall–Kier alpha value is -2.93. The van der Waals surface area contributed by atoms with Crippen LogP contribution in [0.4, 0.5) is 10.3 Å². The van der Waals surface area contributed by atoms with Crippen molar-refractivity contribution in [3.05, 3.63) is 64.7 Å². The molecule has 2 N–H and O–H groups in total. The van der Waals surface area contributed by atoms with Crippen molar-refractivity contribution in [3.63, 3.8) is 0 Å². The summed E-state index contributed by atoms with van der Waals surface area (Å²) in [6.07, 6.45) is 0. The van der Waals surface area contributed by atoms with E-state index in [4.69, 9.17) is 11.6 Å². The lowest BCUT2D eigenvalue weighted by Crippen LogP contribution is -2.12. The van der Waals surface area contributed by atoms with E-state index in [1.54, 1.807) is 48.5 Å². The first-order valence-corrected chi connectivity index (χ1v) is 12.1. The average molecular weight is 493 g/mol. The van der Waals surface area contributed by atoms with Crippen molar-refractivity contribution in [1.82, 2.24) is 20.4 Å². The summed E-state index contributed by atoms with van der Waals surface area (Å²) in [5, 5.41) is 19.0.